The van der Waals surface area contributed by atoms with Crippen LogP contribution in [0.2, 0.25) is 5.15 Å². The molecule has 0 spiro atoms. The van der Waals surface area contributed by atoms with Gasteiger partial charge in [-0.3, -0.25) is 9.36 Å². The molecule has 2 rings (SSSR count). The molecule has 0 saturated carbocycles. The van der Waals surface area contributed by atoms with Crippen molar-refractivity contribution in [3.63, 3.8) is 0 Å². The molecule has 2 aromatic heterocycles. The van der Waals surface area contributed by atoms with Crippen LogP contribution in [0.5, 0.6) is 0 Å². The Morgan fingerprint density at radius 3 is 2.61 bits per heavy atom. The van der Waals surface area contributed by atoms with E-state index >= 15 is 0 Å². The summed E-state index contributed by atoms with van der Waals surface area (Å²) in [5.41, 5.74) is 2.59. The predicted octanol–water partition coefficient (Wildman–Crippen LogP) is 1.78. The molecule has 5 nitrogen and oxygen atoms in total. The van der Waals surface area contributed by atoms with Gasteiger partial charge in [0.25, 0.3) is 0 Å². The lowest BCUT2D eigenvalue weighted by Gasteiger charge is -2.10. The van der Waals surface area contributed by atoms with Gasteiger partial charge in [0.15, 0.2) is 0 Å². The largest absolute Gasteiger partial charge is 0.388 e. The van der Waals surface area contributed by atoms with E-state index in [4.69, 9.17) is 11.6 Å². The van der Waals surface area contributed by atoms with Gasteiger partial charge in [-0.15, -0.1) is 0 Å². The van der Waals surface area contributed by atoms with E-state index in [1.54, 1.807) is 17.9 Å². The molecule has 2 heterocycles. The second-order valence-electron chi connectivity index (χ2n) is 4.41. The maximum absolute atomic E-state index is 10.2. The Morgan fingerprint density at radius 2 is 2.11 bits per heavy atom. The highest BCUT2D eigenvalue weighted by Gasteiger charge is 2.19. The zero-order chi connectivity index (χ0) is 13.3. The van der Waals surface area contributed by atoms with Crippen LogP contribution in [0.3, 0.4) is 0 Å². The van der Waals surface area contributed by atoms with Gasteiger partial charge in [-0.25, -0.2) is 0 Å². The molecule has 0 fully saturated rings. The van der Waals surface area contributed by atoms with Crippen LogP contribution in [0.1, 0.15) is 29.5 Å². The van der Waals surface area contributed by atoms with Gasteiger partial charge >= 0.3 is 0 Å². The molecular formula is C12H17ClN4O. The molecule has 6 heteroatoms. The van der Waals surface area contributed by atoms with E-state index in [1.807, 2.05) is 24.7 Å². The van der Waals surface area contributed by atoms with Crippen molar-refractivity contribution in [2.75, 3.05) is 0 Å². The van der Waals surface area contributed by atoms with Crippen molar-refractivity contribution < 1.29 is 5.11 Å². The topological polar surface area (TPSA) is 55.9 Å². The van der Waals surface area contributed by atoms with Crippen molar-refractivity contribution >= 4 is 11.6 Å². The van der Waals surface area contributed by atoms with Crippen LogP contribution >= 0.6 is 11.6 Å². The van der Waals surface area contributed by atoms with E-state index in [0.29, 0.717) is 11.6 Å². The van der Waals surface area contributed by atoms with E-state index < -0.39 is 6.10 Å². The summed E-state index contributed by atoms with van der Waals surface area (Å²) in [6.07, 6.45) is 2.51. The minimum absolute atomic E-state index is 0.505. The molecule has 0 radical (unpaired) electrons. The number of aliphatic hydroxyl groups excluding tert-OH is 1. The lowest BCUT2D eigenvalue weighted by molar-refractivity contribution is 0.166. The Morgan fingerprint density at radius 1 is 1.39 bits per heavy atom. The summed E-state index contributed by atoms with van der Waals surface area (Å²) in [6.45, 7) is 1.86. The van der Waals surface area contributed by atoms with Gasteiger partial charge in [0.05, 0.1) is 11.8 Å². The normalized spacial score (nSPS) is 12.9. The molecule has 1 N–H and O–H groups in total. The van der Waals surface area contributed by atoms with Crippen LogP contribution in [-0.4, -0.2) is 24.7 Å². The maximum atomic E-state index is 10.2. The van der Waals surface area contributed by atoms with Gasteiger partial charge in [0.2, 0.25) is 0 Å². The minimum atomic E-state index is -0.596. The van der Waals surface area contributed by atoms with Gasteiger partial charge in [-0.1, -0.05) is 11.6 Å². The number of rotatable bonds is 4. The molecule has 2 aromatic rings. The van der Waals surface area contributed by atoms with Crippen LogP contribution in [0, 0.1) is 6.92 Å². The third-order valence-corrected chi connectivity index (χ3v) is 3.57. The lowest BCUT2D eigenvalue weighted by atomic mass is 10.0. The van der Waals surface area contributed by atoms with E-state index in [-0.39, 0.29) is 0 Å². The fourth-order valence-corrected chi connectivity index (χ4v) is 2.40. The lowest BCUT2D eigenvalue weighted by Crippen LogP contribution is -2.04. The number of aromatic nitrogens is 4. The summed E-state index contributed by atoms with van der Waals surface area (Å²) in [5.74, 6) is 0. The second-order valence-corrected chi connectivity index (χ2v) is 4.77. The van der Waals surface area contributed by atoms with Crippen LogP contribution in [0.4, 0.5) is 0 Å². The third kappa shape index (κ3) is 2.42. The number of aryl methyl sites for hydroxylation is 4. The van der Waals surface area contributed by atoms with Crippen molar-refractivity contribution in [3.05, 3.63) is 34.4 Å². The first-order chi connectivity index (χ1) is 8.50. The maximum Gasteiger partial charge on any atom is 0.132 e. The van der Waals surface area contributed by atoms with E-state index in [1.165, 1.54) is 0 Å². The van der Waals surface area contributed by atoms with E-state index in [0.717, 1.165) is 23.4 Å². The van der Waals surface area contributed by atoms with Gasteiger partial charge in [0.1, 0.15) is 5.15 Å². The molecule has 98 valence electrons. The number of aliphatic hydroxyl groups is 1. The van der Waals surface area contributed by atoms with Gasteiger partial charge in [-0.2, -0.15) is 10.2 Å². The number of nitrogens with zero attached hydrogens (tertiary/aromatic N) is 4. The monoisotopic (exact) mass is 268 g/mol. The molecule has 1 atom stereocenters. The van der Waals surface area contributed by atoms with E-state index in [2.05, 4.69) is 10.2 Å². The molecule has 1 unspecified atom stereocenters. The number of halogens is 1. The number of hydrogen-bond acceptors (Lipinski definition) is 3. The molecular weight excluding hydrogens is 252 g/mol. The summed E-state index contributed by atoms with van der Waals surface area (Å²) >= 11 is 6.12. The molecule has 0 aromatic carbocycles. The standard InChI is InChI=1S/C12H17ClN4O/c1-8-11(12(13)17(3)15-8)10(18)5-4-9-6-7-14-16(9)2/h6-7,10,18H,4-5H2,1-3H3. The van der Waals surface area contributed by atoms with E-state index in [9.17, 15) is 5.11 Å². The molecule has 0 amide bonds. The molecule has 0 aliphatic heterocycles. The Balaban J connectivity index is 2.08. The third-order valence-electron chi connectivity index (χ3n) is 3.13. The molecule has 0 bridgehead atoms. The highest BCUT2D eigenvalue weighted by Crippen LogP contribution is 2.28. The van der Waals surface area contributed by atoms with Crippen molar-refractivity contribution in [3.8, 4) is 0 Å². The smallest absolute Gasteiger partial charge is 0.132 e. The Bertz CT molecular complexity index is 546. The Kier molecular flexibility index (Phi) is 3.73. The van der Waals surface area contributed by atoms with Gasteiger partial charge < -0.3 is 5.11 Å². The van der Waals surface area contributed by atoms with Gasteiger partial charge in [0, 0.05) is 31.5 Å². The zero-order valence-electron chi connectivity index (χ0n) is 10.8. The highest BCUT2D eigenvalue weighted by molar-refractivity contribution is 6.30. The summed E-state index contributed by atoms with van der Waals surface area (Å²) in [6, 6.07) is 1.95. The quantitative estimate of drug-likeness (QED) is 0.920. The van der Waals surface area contributed by atoms with Crippen LogP contribution in [0.15, 0.2) is 12.3 Å². The first-order valence-corrected chi connectivity index (χ1v) is 6.22. The van der Waals surface area contributed by atoms with Crippen molar-refractivity contribution in [1.82, 2.24) is 19.6 Å². The first-order valence-electron chi connectivity index (χ1n) is 5.84. The fourth-order valence-electron chi connectivity index (χ4n) is 2.10. The Labute approximate surface area is 111 Å². The average Bonchev–Trinajstić information content (AvgIpc) is 2.81. The Hall–Kier alpha value is -1.33. The van der Waals surface area contributed by atoms with Crippen molar-refractivity contribution in [2.45, 2.75) is 25.9 Å². The van der Waals surface area contributed by atoms with Crippen LogP contribution < -0.4 is 0 Å². The zero-order valence-corrected chi connectivity index (χ0v) is 11.5. The van der Waals surface area contributed by atoms with Gasteiger partial charge in [-0.05, 0) is 25.8 Å². The first kappa shape index (κ1) is 13.1. The van der Waals surface area contributed by atoms with Crippen molar-refractivity contribution in [2.24, 2.45) is 14.1 Å². The molecule has 0 saturated heterocycles. The number of hydrogen-bond donors (Lipinski definition) is 1. The second kappa shape index (κ2) is 5.12. The molecule has 18 heavy (non-hydrogen) atoms. The van der Waals surface area contributed by atoms with Crippen LogP contribution in [-0.2, 0) is 20.5 Å². The minimum Gasteiger partial charge on any atom is -0.388 e. The van der Waals surface area contributed by atoms with Crippen molar-refractivity contribution in [1.29, 1.82) is 0 Å². The fraction of sp³-hybridized carbons (Fsp3) is 0.500. The molecule has 0 aliphatic carbocycles. The highest BCUT2D eigenvalue weighted by atomic mass is 35.5. The summed E-state index contributed by atoms with van der Waals surface area (Å²) in [4.78, 5) is 0. The predicted molar refractivity (Wildman–Crippen MR) is 69.4 cm³/mol. The van der Waals surface area contributed by atoms with Crippen LogP contribution in [0.25, 0.3) is 0 Å². The average molecular weight is 269 g/mol. The summed E-state index contributed by atoms with van der Waals surface area (Å²) < 4.78 is 3.39. The molecule has 0 aliphatic rings. The SMILES string of the molecule is Cc1nn(C)c(Cl)c1C(O)CCc1ccnn1C. The summed E-state index contributed by atoms with van der Waals surface area (Å²) in [5, 5.41) is 19.0. The summed E-state index contributed by atoms with van der Waals surface area (Å²) in [7, 11) is 3.66.